The average molecular weight is 279 g/mol. The number of carbonyl (C=O) groups excluding carboxylic acids is 1. The highest BCUT2D eigenvalue weighted by Gasteiger charge is 2.03. The fourth-order valence-corrected chi connectivity index (χ4v) is 2.13. The summed E-state index contributed by atoms with van der Waals surface area (Å²) in [6.07, 6.45) is 0. The van der Waals surface area contributed by atoms with Crippen molar-refractivity contribution in [1.82, 2.24) is 0 Å². The molecule has 1 amide bonds. The zero-order valence-electron chi connectivity index (χ0n) is 12.1. The number of amides is 1. The summed E-state index contributed by atoms with van der Waals surface area (Å²) in [4.78, 5) is 11.9. The lowest BCUT2D eigenvalue weighted by Crippen LogP contribution is -2.21. The molecule has 4 nitrogen and oxygen atoms in total. The molecule has 0 spiro atoms. The number of anilines is 2. The maximum Gasteiger partial charge on any atom is 0.243 e. The molecule has 2 rings (SSSR count). The van der Waals surface area contributed by atoms with Crippen LogP contribution in [0.15, 0.2) is 42.5 Å². The Labute approximate surface area is 124 Å². The predicted molar refractivity (Wildman–Crippen MR) is 84.2 cm³/mol. The maximum absolute atomic E-state index is 11.9. The first-order valence-electron chi connectivity index (χ1n) is 6.69. The SMILES string of the molecule is Cc1cc(C)cc(NC(=O)CNc2cccc(C#N)c2)c1. The van der Waals surface area contributed by atoms with Crippen molar-refractivity contribution in [2.75, 3.05) is 17.2 Å². The molecule has 21 heavy (non-hydrogen) atoms. The lowest BCUT2D eigenvalue weighted by molar-refractivity contribution is -0.114. The molecule has 4 heteroatoms. The topological polar surface area (TPSA) is 64.9 Å². The van der Waals surface area contributed by atoms with Gasteiger partial charge in [-0.15, -0.1) is 0 Å². The third-order valence-electron chi connectivity index (χ3n) is 2.95. The number of hydrogen-bond donors (Lipinski definition) is 2. The van der Waals surface area contributed by atoms with Crippen LogP contribution < -0.4 is 10.6 Å². The van der Waals surface area contributed by atoms with Crippen molar-refractivity contribution in [2.24, 2.45) is 0 Å². The van der Waals surface area contributed by atoms with Gasteiger partial charge in [-0.25, -0.2) is 0 Å². The molecule has 0 aliphatic carbocycles. The number of carbonyl (C=O) groups is 1. The van der Waals surface area contributed by atoms with Crippen LogP contribution in [-0.4, -0.2) is 12.5 Å². The Hall–Kier alpha value is -2.80. The first kappa shape index (κ1) is 14.6. The van der Waals surface area contributed by atoms with Crippen molar-refractivity contribution in [3.8, 4) is 6.07 Å². The summed E-state index contributed by atoms with van der Waals surface area (Å²) < 4.78 is 0. The van der Waals surface area contributed by atoms with Gasteiger partial charge >= 0.3 is 0 Å². The smallest absolute Gasteiger partial charge is 0.243 e. The minimum atomic E-state index is -0.123. The predicted octanol–water partition coefficient (Wildman–Crippen LogP) is 3.23. The van der Waals surface area contributed by atoms with Gasteiger partial charge in [0.05, 0.1) is 18.2 Å². The molecule has 0 aliphatic heterocycles. The van der Waals surface area contributed by atoms with Crippen LogP contribution in [-0.2, 0) is 4.79 Å². The number of benzene rings is 2. The van der Waals surface area contributed by atoms with Gasteiger partial charge in [-0.05, 0) is 55.3 Å². The Morgan fingerprint density at radius 1 is 1.10 bits per heavy atom. The van der Waals surface area contributed by atoms with E-state index in [1.54, 1.807) is 18.2 Å². The van der Waals surface area contributed by atoms with E-state index in [9.17, 15) is 4.79 Å². The zero-order valence-corrected chi connectivity index (χ0v) is 12.1. The van der Waals surface area contributed by atoms with E-state index in [1.807, 2.05) is 32.0 Å². The van der Waals surface area contributed by atoms with E-state index in [1.165, 1.54) is 0 Å². The molecule has 2 aromatic rings. The highest BCUT2D eigenvalue weighted by molar-refractivity contribution is 5.93. The van der Waals surface area contributed by atoms with E-state index in [0.717, 1.165) is 22.5 Å². The van der Waals surface area contributed by atoms with Crippen molar-refractivity contribution >= 4 is 17.3 Å². The second kappa shape index (κ2) is 6.58. The second-order valence-electron chi connectivity index (χ2n) is 4.97. The molecule has 0 atom stereocenters. The van der Waals surface area contributed by atoms with E-state index in [2.05, 4.69) is 22.8 Å². The lowest BCUT2D eigenvalue weighted by atomic mass is 10.1. The number of nitrogens with one attached hydrogen (secondary N) is 2. The highest BCUT2D eigenvalue weighted by Crippen LogP contribution is 2.14. The van der Waals surface area contributed by atoms with Crippen LogP contribution in [0.25, 0.3) is 0 Å². The van der Waals surface area contributed by atoms with Crippen molar-refractivity contribution in [2.45, 2.75) is 13.8 Å². The largest absolute Gasteiger partial charge is 0.376 e. The summed E-state index contributed by atoms with van der Waals surface area (Å²) in [7, 11) is 0. The Balaban J connectivity index is 1.94. The molecular formula is C17H17N3O. The Morgan fingerprint density at radius 2 is 1.81 bits per heavy atom. The minimum Gasteiger partial charge on any atom is -0.376 e. The van der Waals surface area contributed by atoms with E-state index in [0.29, 0.717) is 5.56 Å². The number of aryl methyl sites for hydroxylation is 2. The number of rotatable bonds is 4. The third-order valence-corrected chi connectivity index (χ3v) is 2.95. The van der Waals surface area contributed by atoms with Gasteiger partial charge in [0.25, 0.3) is 0 Å². The maximum atomic E-state index is 11.9. The normalized spacial score (nSPS) is 9.76. The van der Waals surface area contributed by atoms with Gasteiger partial charge in [0, 0.05) is 11.4 Å². The second-order valence-corrected chi connectivity index (χ2v) is 4.97. The van der Waals surface area contributed by atoms with Gasteiger partial charge in [-0.3, -0.25) is 4.79 Å². The summed E-state index contributed by atoms with van der Waals surface area (Å²) in [5, 5.41) is 14.7. The van der Waals surface area contributed by atoms with Gasteiger partial charge in [-0.1, -0.05) is 12.1 Å². The van der Waals surface area contributed by atoms with Crippen molar-refractivity contribution < 1.29 is 4.79 Å². The summed E-state index contributed by atoms with van der Waals surface area (Å²) in [5.41, 5.74) is 4.34. The fourth-order valence-electron chi connectivity index (χ4n) is 2.13. The van der Waals surface area contributed by atoms with Crippen LogP contribution in [0.4, 0.5) is 11.4 Å². The Bertz CT molecular complexity index is 681. The van der Waals surface area contributed by atoms with Gasteiger partial charge < -0.3 is 10.6 Å². The van der Waals surface area contributed by atoms with Gasteiger partial charge in [0.2, 0.25) is 5.91 Å². The van der Waals surface area contributed by atoms with Crippen molar-refractivity contribution in [3.63, 3.8) is 0 Å². The molecule has 0 saturated heterocycles. The monoisotopic (exact) mass is 279 g/mol. The standard InChI is InChI=1S/C17H17N3O/c1-12-6-13(2)8-16(7-12)20-17(21)11-19-15-5-3-4-14(9-15)10-18/h3-9,19H,11H2,1-2H3,(H,20,21). The van der Waals surface area contributed by atoms with Gasteiger partial charge in [0.15, 0.2) is 0 Å². The van der Waals surface area contributed by atoms with Gasteiger partial charge in [0.1, 0.15) is 0 Å². The molecule has 2 N–H and O–H groups in total. The quantitative estimate of drug-likeness (QED) is 0.903. The molecule has 0 unspecified atom stereocenters. The molecule has 2 aromatic carbocycles. The van der Waals surface area contributed by atoms with Crippen LogP contribution in [0, 0.1) is 25.2 Å². The summed E-state index contributed by atoms with van der Waals surface area (Å²) in [6.45, 7) is 4.14. The van der Waals surface area contributed by atoms with Gasteiger partial charge in [-0.2, -0.15) is 5.26 Å². The molecular weight excluding hydrogens is 262 g/mol. The number of hydrogen-bond acceptors (Lipinski definition) is 3. The van der Waals surface area contributed by atoms with Crippen LogP contribution in [0.5, 0.6) is 0 Å². The lowest BCUT2D eigenvalue weighted by Gasteiger charge is -2.09. The zero-order chi connectivity index (χ0) is 15.2. The van der Waals surface area contributed by atoms with Crippen molar-refractivity contribution in [3.05, 3.63) is 59.2 Å². The van der Waals surface area contributed by atoms with Crippen LogP contribution in [0.3, 0.4) is 0 Å². The van der Waals surface area contributed by atoms with E-state index in [4.69, 9.17) is 5.26 Å². The van der Waals surface area contributed by atoms with E-state index in [-0.39, 0.29) is 12.5 Å². The van der Waals surface area contributed by atoms with E-state index < -0.39 is 0 Å². The van der Waals surface area contributed by atoms with Crippen LogP contribution in [0.2, 0.25) is 0 Å². The van der Waals surface area contributed by atoms with E-state index >= 15 is 0 Å². The first-order chi connectivity index (χ1) is 10.1. The Kier molecular flexibility index (Phi) is 4.57. The van der Waals surface area contributed by atoms with Crippen LogP contribution >= 0.6 is 0 Å². The molecule has 106 valence electrons. The minimum absolute atomic E-state index is 0.123. The highest BCUT2D eigenvalue weighted by atomic mass is 16.1. The Morgan fingerprint density at radius 3 is 2.48 bits per heavy atom. The molecule has 0 radical (unpaired) electrons. The molecule has 0 fully saturated rings. The van der Waals surface area contributed by atoms with Crippen molar-refractivity contribution in [1.29, 1.82) is 5.26 Å². The molecule has 0 heterocycles. The average Bonchev–Trinajstić information content (AvgIpc) is 2.44. The third kappa shape index (κ3) is 4.36. The molecule has 0 saturated carbocycles. The summed E-state index contributed by atoms with van der Waals surface area (Å²) >= 11 is 0. The summed E-state index contributed by atoms with van der Waals surface area (Å²) in [6, 6.07) is 15.0. The first-order valence-corrected chi connectivity index (χ1v) is 6.69. The molecule has 0 aromatic heterocycles. The molecule has 0 aliphatic rings. The summed E-state index contributed by atoms with van der Waals surface area (Å²) in [5.74, 6) is -0.123. The number of nitrogens with zero attached hydrogens (tertiary/aromatic N) is 1. The van der Waals surface area contributed by atoms with Crippen LogP contribution in [0.1, 0.15) is 16.7 Å². The number of nitriles is 1. The fraction of sp³-hybridized carbons (Fsp3) is 0.176. The molecule has 0 bridgehead atoms.